The van der Waals surface area contributed by atoms with Crippen LogP contribution in [0.1, 0.15) is 33.1 Å². The van der Waals surface area contributed by atoms with Gasteiger partial charge >= 0.3 is 0 Å². The van der Waals surface area contributed by atoms with E-state index in [0.717, 1.165) is 23.7 Å². The first-order chi connectivity index (χ1) is 5.79. The average Bonchev–Trinajstić information content (AvgIpc) is 2.12. The number of hydrogen-bond acceptors (Lipinski definition) is 1. The van der Waals surface area contributed by atoms with Gasteiger partial charge in [-0.25, -0.2) is 0 Å². The van der Waals surface area contributed by atoms with Crippen molar-refractivity contribution in [2.45, 2.75) is 33.1 Å². The second kappa shape index (κ2) is 3.37. The van der Waals surface area contributed by atoms with Crippen molar-refractivity contribution < 1.29 is 0 Å². The molecule has 1 heteroatoms. The van der Waals surface area contributed by atoms with Gasteiger partial charge in [0.05, 0.1) is 0 Å². The molecule has 0 aromatic carbocycles. The maximum atomic E-state index is 3.53. The van der Waals surface area contributed by atoms with Crippen molar-refractivity contribution in [1.29, 1.82) is 0 Å². The molecule has 1 aliphatic carbocycles. The Labute approximate surface area is 75.9 Å². The summed E-state index contributed by atoms with van der Waals surface area (Å²) in [5.74, 6) is 3.96. The summed E-state index contributed by atoms with van der Waals surface area (Å²) >= 11 is 0. The van der Waals surface area contributed by atoms with Gasteiger partial charge in [-0.3, -0.25) is 0 Å². The van der Waals surface area contributed by atoms with E-state index in [4.69, 9.17) is 0 Å². The molecule has 2 aliphatic rings. The lowest BCUT2D eigenvalue weighted by molar-refractivity contribution is 0.0845. The van der Waals surface area contributed by atoms with E-state index < -0.39 is 0 Å². The van der Waals surface area contributed by atoms with Crippen LogP contribution in [0, 0.1) is 23.7 Å². The molecule has 4 atom stereocenters. The molecule has 2 fully saturated rings. The molecule has 0 spiro atoms. The van der Waals surface area contributed by atoms with E-state index in [1.54, 1.807) is 0 Å². The van der Waals surface area contributed by atoms with Crippen molar-refractivity contribution in [2.24, 2.45) is 23.7 Å². The predicted molar refractivity (Wildman–Crippen MR) is 52.0 cm³/mol. The maximum Gasteiger partial charge on any atom is -0.00152 e. The van der Waals surface area contributed by atoms with Crippen molar-refractivity contribution in [3.05, 3.63) is 0 Å². The molecule has 0 aromatic rings. The Morgan fingerprint density at radius 2 is 1.92 bits per heavy atom. The SMILES string of the molecule is CC1CCC2CCNCC2C1C. The molecular weight excluding hydrogens is 146 g/mol. The van der Waals surface area contributed by atoms with Gasteiger partial charge in [0.1, 0.15) is 0 Å². The fourth-order valence-corrected chi connectivity index (χ4v) is 3.07. The fourth-order valence-electron chi connectivity index (χ4n) is 3.07. The first kappa shape index (κ1) is 8.55. The Bertz CT molecular complexity index is 153. The molecule has 0 aromatic heterocycles. The van der Waals surface area contributed by atoms with Gasteiger partial charge in [-0.05, 0) is 49.6 Å². The smallest absolute Gasteiger partial charge is 0.00152 e. The molecular formula is C11H21N. The van der Waals surface area contributed by atoms with Gasteiger partial charge in [0.2, 0.25) is 0 Å². The normalized spacial score (nSPS) is 48.5. The molecule has 1 saturated carbocycles. The Morgan fingerprint density at radius 3 is 2.75 bits per heavy atom. The van der Waals surface area contributed by atoms with Crippen molar-refractivity contribution >= 4 is 0 Å². The minimum absolute atomic E-state index is 0.955. The van der Waals surface area contributed by atoms with E-state index >= 15 is 0 Å². The van der Waals surface area contributed by atoms with Gasteiger partial charge in [-0.1, -0.05) is 20.3 Å². The lowest BCUT2D eigenvalue weighted by Gasteiger charge is -2.43. The van der Waals surface area contributed by atoms with Gasteiger partial charge in [-0.2, -0.15) is 0 Å². The minimum atomic E-state index is 0.955. The summed E-state index contributed by atoms with van der Waals surface area (Å²) in [4.78, 5) is 0. The molecule has 2 rings (SSSR count). The Morgan fingerprint density at radius 1 is 1.08 bits per heavy atom. The van der Waals surface area contributed by atoms with E-state index in [1.165, 1.54) is 32.4 Å². The number of piperidine rings is 1. The highest BCUT2D eigenvalue weighted by Gasteiger charge is 2.35. The zero-order chi connectivity index (χ0) is 8.55. The van der Waals surface area contributed by atoms with Crippen molar-refractivity contribution in [3.8, 4) is 0 Å². The van der Waals surface area contributed by atoms with Crippen LogP contribution in [0.3, 0.4) is 0 Å². The highest BCUT2D eigenvalue weighted by atomic mass is 14.9. The van der Waals surface area contributed by atoms with E-state index in [0.29, 0.717) is 0 Å². The van der Waals surface area contributed by atoms with E-state index in [9.17, 15) is 0 Å². The maximum absolute atomic E-state index is 3.53. The molecule has 12 heavy (non-hydrogen) atoms. The summed E-state index contributed by atoms with van der Waals surface area (Å²) in [7, 11) is 0. The summed E-state index contributed by atoms with van der Waals surface area (Å²) in [6.07, 6.45) is 4.40. The third-order valence-corrected chi connectivity index (χ3v) is 4.24. The van der Waals surface area contributed by atoms with Gasteiger partial charge in [0.15, 0.2) is 0 Å². The van der Waals surface area contributed by atoms with Crippen LogP contribution in [0.25, 0.3) is 0 Å². The third-order valence-electron chi connectivity index (χ3n) is 4.24. The molecule has 1 aliphatic heterocycles. The summed E-state index contributed by atoms with van der Waals surface area (Å²) < 4.78 is 0. The second-order valence-electron chi connectivity index (χ2n) is 4.83. The molecule has 4 unspecified atom stereocenters. The lowest BCUT2D eigenvalue weighted by atomic mass is 9.66. The number of nitrogens with one attached hydrogen (secondary N) is 1. The van der Waals surface area contributed by atoms with Crippen molar-refractivity contribution in [1.82, 2.24) is 5.32 Å². The van der Waals surface area contributed by atoms with Gasteiger partial charge in [0, 0.05) is 0 Å². The molecule has 1 N–H and O–H groups in total. The Balaban J connectivity index is 2.03. The standard InChI is InChI=1S/C11H21N/c1-8-3-4-10-5-6-12-7-11(10)9(8)2/h8-12H,3-7H2,1-2H3. The van der Waals surface area contributed by atoms with Crippen LogP contribution in [0.15, 0.2) is 0 Å². The van der Waals surface area contributed by atoms with E-state index in [-0.39, 0.29) is 0 Å². The van der Waals surface area contributed by atoms with E-state index in [1.807, 2.05) is 0 Å². The van der Waals surface area contributed by atoms with E-state index in [2.05, 4.69) is 19.2 Å². The zero-order valence-corrected chi connectivity index (χ0v) is 8.34. The first-order valence-electron chi connectivity index (χ1n) is 5.49. The molecule has 0 radical (unpaired) electrons. The molecule has 1 heterocycles. The quantitative estimate of drug-likeness (QED) is 0.583. The fraction of sp³-hybridized carbons (Fsp3) is 1.00. The first-order valence-corrected chi connectivity index (χ1v) is 5.49. The number of fused-ring (bicyclic) bond motifs is 1. The molecule has 0 bridgehead atoms. The summed E-state index contributed by atoms with van der Waals surface area (Å²) in [5.41, 5.74) is 0. The Hall–Kier alpha value is -0.0400. The predicted octanol–water partition coefficient (Wildman–Crippen LogP) is 2.28. The van der Waals surface area contributed by atoms with Crippen LogP contribution >= 0.6 is 0 Å². The molecule has 0 amide bonds. The summed E-state index contributed by atoms with van der Waals surface area (Å²) in [6.45, 7) is 7.43. The second-order valence-corrected chi connectivity index (χ2v) is 4.83. The van der Waals surface area contributed by atoms with Crippen LogP contribution in [-0.4, -0.2) is 13.1 Å². The van der Waals surface area contributed by atoms with Crippen LogP contribution in [-0.2, 0) is 0 Å². The zero-order valence-electron chi connectivity index (χ0n) is 8.34. The highest BCUT2D eigenvalue weighted by Crippen LogP contribution is 2.40. The van der Waals surface area contributed by atoms with Crippen LogP contribution in [0.4, 0.5) is 0 Å². The van der Waals surface area contributed by atoms with Gasteiger partial charge in [-0.15, -0.1) is 0 Å². The number of hydrogen-bond donors (Lipinski definition) is 1. The monoisotopic (exact) mass is 167 g/mol. The van der Waals surface area contributed by atoms with Crippen LogP contribution < -0.4 is 5.32 Å². The lowest BCUT2D eigenvalue weighted by Crippen LogP contribution is -2.44. The van der Waals surface area contributed by atoms with Crippen LogP contribution in [0.5, 0.6) is 0 Å². The third kappa shape index (κ3) is 1.39. The highest BCUT2D eigenvalue weighted by molar-refractivity contribution is 4.87. The topological polar surface area (TPSA) is 12.0 Å². The average molecular weight is 167 g/mol. The van der Waals surface area contributed by atoms with Gasteiger partial charge in [0.25, 0.3) is 0 Å². The minimum Gasteiger partial charge on any atom is -0.316 e. The number of rotatable bonds is 0. The molecule has 1 saturated heterocycles. The largest absolute Gasteiger partial charge is 0.316 e. The van der Waals surface area contributed by atoms with Crippen molar-refractivity contribution in [3.63, 3.8) is 0 Å². The van der Waals surface area contributed by atoms with Gasteiger partial charge < -0.3 is 5.32 Å². The Kier molecular flexibility index (Phi) is 2.40. The molecule has 70 valence electrons. The van der Waals surface area contributed by atoms with Crippen LogP contribution in [0.2, 0.25) is 0 Å². The summed E-state index contributed by atoms with van der Waals surface area (Å²) in [6, 6.07) is 0. The van der Waals surface area contributed by atoms with Crippen molar-refractivity contribution in [2.75, 3.05) is 13.1 Å². The summed E-state index contributed by atoms with van der Waals surface area (Å²) in [5, 5.41) is 3.53. The molecule has 1 nitrogen and oxygen atoms in total.